The average Bonchev–Trinajstić information content (AvgIpc) is 2.40. The molecular formula is C14H21NO2. The molecule has 0 atom stereocenters. The monoisotopic (exact) mass is 235 g/mol. The van der Waals surface area contributed by atoms with Crippen molar-refractivity contribution in [1.29, 1.82) is 0 Å². The van der Waals surface area contributed by atoms with Crippen LogP contribution in [0.5, 0.6) is 11.5 Å². The molecule has 3 heteroatoms. The fourth-order valence-corrected chi connectivity index (χ4v) is 2.42. The molecule has 94 valence electrons. The van der Waals surface area contributed by atoms with Crippen molar-refractivity contribution >= 4 is 0 Å². The van der Waals surface area contributed by atoms with E-state index in [4.69, 9.17) is 9.47 Å². The SMILES string of the molecule is COc1cccc(OC)c1CN1CCCCC1. The Morgan fingerprint density at radius 1 is 1.00 bits per heavy atom. The number of hydrogen-bond donors (Lipinski definition) is 0. The molecular weight excluding hydrogens is 214 g/mol. The minimum Gasteiger partial charge on any atom is -0.496 e. The zero-order valence-electron chi connectivity index (χ0n) is 10.7. The van der Waals surface area contributed by atoms with E-state index < -0.39 is 0 Å². The van der Waals surface area contributed by atoms with Crippen LogP contribution in [0.25, 0.3) is 0 Å². The summed E-state index contributed by atoms with van der Waals surface area (Å²) in [5, 5.41) is 0. The van der Waals surface area contributed by atoms with E-state index in [1.807, 2.05) is 18.2 Å². The summed E-state index contributed by atoms with van der Waals surface area (Å²) in [5.41, 5.74) is 1.17. The lowest BCUT2D eigenvalue weighted by molar-refractivity contribution is 0.215. The minimum absolute atomic E-state index is 0.924. The summed E-state index contributed by atoms with van der Waals surface area (Å²) < 4.78 is 10.8. The Morgan fingerprint density at radius 3 is 2.12 bits per heavy atom. The van der Waals surface area contributed by atoms with Crippen molar-refractivity contribution in [1.82, 2.24) is 4.90 Å². The molecule has 0 saturated carbocycles. The smallest absolute Gasteiger partial charge is 0.127 e. The predicted octanol–water partition coefficient (Wildman–Crippen LogP) is 2.69. The standard InChI is InChI=1S/C14H21NO2/c1-16-13-7-6-8-14(17-2)12(13)11-15-9-4-3-5-10-15/h6-8H,3-5,9-11H2,1-2H3. The molecule has 17 heavy (non-hydrogen) atoms. The molecule has 0 spiro atoms. The Kier molecular flexibility index (Phi) is 4.26. The molecule has 1 fully saturated rings. The van der Waals surface area contributed by atoms with Crippen LogP contribution in [-0.4, -0.2) is 32.2 Å². The molecule has 0 aromatic heterocycles. The van der Waals surface area contributed by atoms with Gasteiger partial charge in [-0.3, -0.25) is 4.90 Å². The van der Waals surface area contributed by atoms with Gasteiger partial charge < -0.3 is 9.47 Å². The number of piperidine rings is 1. The van der Waals surface area contributed by atoms with E-state index in [1.54, 1.807) is 14.2 Å². The first-order chi connectivity index (χ1) is 8.35. The van der Waals surface area contributed by atoms with Gasteiger partial charge in [0.15, 0.2) is 0 Å². The maximum Gasteiger partial charge on any atom is 0.127 e. The summed E-state index contributed by atoms with van der Waals surface area (Å²) in [6, 6.07) is 5.97. The van der Waals surface area contributed by atoms with Crippen molar-refractivity contribution < 1.29 is 9.47 Å². The fourth-order valence-electron chi connectivity index (χ4n) is 2.42. The molecule has 1 aliphatic rings. The highest BCUT2D eigenvalue weighted by Gasteiger charge is 2.16. The second-order valence-electron chi connectivity index (χ2n) is 4.48. The first-order valence-corrected chi connectivity index (χ1v) is 6.27. The first-order valence-electron chi connectivity index (χ1n) is 6.27. The third-order valence-electron chi connectivity index (χ3n) is 3.36. The minimum atomic E-state index is 0.924. The van der Waals surface area contributed by atoms with E-state index in [2.05, 4.69) is 4.90 Å². The average molecular weight is 235 g/mol. The van der Waals surface area contributed by atoms with Gasteiger partial charge in [0.2, 0.25) is 0 Å². The highest BCUT2D eigenvalue weighted by Crippen LogP contribution is 2.30. The third kappa shape index (κ3) is 2.91. The van der Waals surface area contributed by atoms with E-state index in [9.17, 15) is 0 Å². The summed E-state index contributed by atoms with van der Waals surface area (Å²) in [7, 11) is 3.43. The van der Waals surface area contributed by atoms with Crippen LogP contribution in [0.15, 0.2) is 18.2 Å². The number of rotatable bonds is 4. The zero-order chi connectivity index (χ0) is 12.1. The van der Waals surface area contributed by atoms with E-state index in [0.717, 1.165) is 18.0 Å². The number of likely N-dealkylation sites (tertiary alicyclic amines) is 1. The summed E-state index contributed by atoms with van der Waals surface area (Å²) in [4.78, 5) is 2.48. The van der Waals surface area contributed by atoms with Crippen LogP contribution >= 0.6 is 0 Å². The molecule has 1 aliphatic heterocycles. The van der Waals surface area contributed by atoms with Crippen LogP contribution in [0, 0.1) is 0 Å². The van der Waals surface area contributed by atoms with Gasteiger partial charge in [0.1, 0.15) is 11.5 Å². The normalized spacial score (nSPS) is 16.8. The third-order valence-corrected chi connectivity index (χ3v) is 3.36. The largest absolute Gasteiger partial charge is 0.496 e. The Bertz CT molecular complexity index is 337. The van der Waals surface area contributed by atoms with E-state index in [1.165, 1.54) is 37.9 Å². The highest BCUT2D eigenvalue weighted by molar-refractivity contribution is 5.44. The van der Waals surface area contributed by atoms with Gasteiger partial charge in [-0.1, -0.05) is 12.5 Å². The Balaban J connectivity index is 2.16. The molecule has 1 heterocycles. The summed E-state index contributed by atoms with van der Waals surface area (Å²) >= 11 is 0. The maximum atomic E-state index is 5.42. The van der Waals surface area contributed by atoms with Crippen LogP contribution in [0.4, 0.5) is 0 Å². The lowest BCUT2D eigenvalue weighted by Crippen LogP contribution is -2.29. The molecule has 0 bridgehead atoms. The molecule has 0 aliphatic carbocycles. The molecule has 1 saturated heterocycles. The lowest BCUT2D eigenvalue weighted by Gasteiger charge is -2.27. The van der Waals surface area contributed by atoms with Crippen molar-refractivity contribution in [3.05, 3.63) is 23.8 Å². The van der Waals surface area contributed by atoms with Gasteiger partial charge in [-0.05, 0) is 38.1 Å². The Morgan fingerprint density at radius 2 is 1.59 bits per heavy atom. The summed E-state index contributed by atoms with van der Waals surface area (Å²) in [6.07, 6.45) is 3.97. The van der Waals surface area contributed by atoms with E-state index in [0.29, 0.717) is 0 Å². The first kappa shape index (κ1) is 12.2. The van der Waals surface area contributed by atoms with Crippen molar-refractivity contribution in [2.75, 3.05) is 27.3 Å². The molecule has 0 amide bonds. The number of hydrogen-bond acceptors (Lipinski definition) is 3. The van der Waals surface area contributed by atoms with Crippen LogP contribution in [0.2, 0.25) is 0 Å². The van der Waals surface area contributed by atoms with Gasteiger partial charge in [0.05, 0.1) is 19.8 Å². The Labute approximate surface area is 103 Å². The van der Waals surface area contributed by atoms with Gasteiger partial charge >= 0.3 is 0 Å². The lowest BCUT2D eigenvalue weighted by atomic mass is 10.1. The highest BCUT2D eigenvalue weighted by atomic mass is 16.5. The molecule has 0 radical (unpaired) electrons. The van der Waals surface area contributed by atoms with E-state index in [-0.39, 0.29) is 0 Å². The topological polar surface area (TPSA) is 21.7 Å². The molecule has 3 nitrogen and oxygen atoms in total. The molecule has 1 aromatic carbocycles. The Hall–Kier alpha value is -1.22. The van der Waals surface area contributed by atoms with Crippen LogP contribution < -0.4 is 9.47 Å². The number of ether oxygens (including phenoxy) is 2. The maximum absolute atomic E-state index is 5.42. The van der Waals surface area contributed by atoms with Gasteiger partial charge in [0, 0.05) is 6.54 Å². The number of nitrogens with zero attached hydrogens (tertiary/aromatic N) is 1. The zero-order valence-corrected chi connectivity index (χ0v) is 10.7. The van der Waals surface area contributed by atoms with Crippen molar-refractivity contribution in [2.45, 2.75) is 25.8 Å². The van der Waals surface area contributed by atoms with Crippen LogP contribution in [0.1, 0.15) is 24.8 Å². The molecule has 1 aromatic rings. The fraction of sp³-hybridized carbons (Fsp3) is 0.571. The molecule has 0 N–H and O–H groups in total. The van der Waals surface area contributed by atoms with Crippen molar-refractivity contribution in [2.24, 2.45) is 0 Å². The van der Waals surface area contributed by atoms with Crippen molar-refractivity contribution in [3.63, 3.8) is 0 Å². The quantitative estimate of drug-likeness (QED) is 0.801. The van der Waals surface area contributed by atoms with E-state index >= 15 is 0 Å². The van der Waals surface area contributed by atoms with Gasteiger partial charge in [-0.25, -0.2) is 0 Å². The van der Waals surface area contributed by atoms with Gasteiger partial charge in [-0.15, -0.1) is 0 Å². The van der Waals surface area contributed by atoms with Gasteiger partial charge in [0.25, 0.3) is 0 Å². The summed E-state index contributed by atoms with van der Waals surface area (Å²) in [6.45, 7) is 3.29. The second-order valence-corrected chi connectivity index (χ2v) is 4.48. The number of methoxy groups -OCH3 is 2. The van der Waals surface area contributed by atoms with Crippen LogP contribution in [0.3, 0.4) is 0 Å². The summed E-state index contributed by atoms with van der Waals surface area (Å²) in [5.74, 6) is 1.85. The van der Waals surface area contributed by atoms with Gasteiger partial charge in [-0.2, -0.15) is 0 Å². The predicted molar refractivity (Wildman–Crippen MR) is 68.7 cm³/mol. The molecule has 0 unspecified atom stereocenters. The second kappa shape index (κ2) is 5.92. The molecule has 2 rings (SSSR count). The van der Waals surface area contributed by atoms with Crippen LogP contribution in [-0.2, 0) is 6.54 Å². The van der Waals surface area contributed by atoms with Crippen molar-refractivity contribution in [3.8, 4) is 11.5 Å². The number of benzene rings is 1.